The third-order valence-corrected chi connectivity index (χ3v) is 5.02. The molecule has 1 fully saturated rings. The van der Waals surface area contributed by atoms with E-state index >= 15 is 0 Å². The second-order valence-electron chi connectivity index (χ2n) is 6.91. The number of hydrogen-bond acceptors (Lipinski definition) is 6. The molecule has 0 saturated carbocycles. The molecular formula is C21H21FN4O3. The summed E-state index contributed by atoms with van der Waals surface area (Å²) in [6.07, 6.45) is 5.39. The Labute approximate surface area is 167 Å². The van der Waals surface area contributed by atoms with E-state index in [2.05, 4.69) is 15.1 Å². The van der Waals surface area contributed by atoms with Crippen molar-refractivity contribution in [2.75, 3.05) is 13.1 Å². The first-order valence-corrected chi connectivity index (χ1v) is 9.63. The molecule has 29 heavy (non-hydrogen) atoms. The molecule has 0 aliphatic carbocycles. The molecule has 1 amide bonds. The van der Waals surface area contributed by atoms with Crippen LogP contribution < -0.4 is 4.74 Å². The second kappa shape index (κ2) is 8.38. The van der Waals surface area contributed by atoms with Crippen molar-refractivity contribution in [1.82, 2.24) is 20.0 Å². The highest BCUT2D eigenvalue weighted by Gasteiger charge is 2.29. The molecule has 2 aromatic heterocycles. The summed E-state index contributed by atoms with van der Waals surface area (Å²) in [5, 5.41) is 3.89. The largest absolute Gasteiger partial charge is 0.437 e. The Balaban J connectivity index is 1.43. The van der Waals surface area contributed by atoms with Gasteiger partial charge in [-0.1, -0.05) is 12.1 Å². The first kappa shape index (κ1) is 19.0. The van der Waals surface area contributed by atoms with E-state index in [-0.39, 0.29) is 23.4 Å². The Kier molecular flexibility index (Phi) is 5.50. The summed E-state index contributed by atoms with van der Waals surface area (Å²) >= 11 is 0. The standard InChI is InChI=1S/C21H21FN4O3/c1-2-16-13-18(29-25-16)21(27)26-11-7-14(8-12-26)19-20(24-10-9-23-19)28-17-5-3-15(22)4-6-17/h3-6,9-10,13-14H,2,7-8,11-12H2,1H3. The molecule has 3 aromatic rings. The van der Waals surface area contributed by atoms with Gasteiger partial charge in [-0.3, -0.25) is 9.78 Å². The van der Waals surface area contributed by atoms with Gasteiger partial charge in [-0.25, -0.2) is 9.37 Å². The second-order valence-corrected chi connectivity index (χ2v) is 6.91. The quantitative estimate of drug-likeness (QED) is 0.649. The summed E-state index contributed by atoms with van der Waals surface area (Å²) in [4.78, 5) is 23.2. The van der Waals surface area contributed by atoms with Gasteiger partial charge in [0.05, 0.1) is 5.69 Å². The van der Waals surface area contributed by atoms with Crippen molar-refractivity contribution in [2.24, 2.45) is 0 Å². The number of benzene rings is 1. The Hall–Kier alpha value is -3.29. The van der Waals surface area contributed by atoms with E-state index < -0.39 is 0 Å². The maximum absolute atomic E-state index is 13.1. The number of ether oxygens (including phenoxy) is 1. The maximum atomic E-state index is 13.1. The van der Waals surface area contributed by atoms with Crippen LogP contribution >= 0.6 is 0 Å². The zero-order valence-electron chi connectivity index (χ0n) is 16.0. The number of hydrogen-bond donors (Lipinski definition) is 0. The smallest absolute Gasteiger partial charge is 0.292 e. The lowest BCUT2D eigenvalue weighted by Gasteiger charge is -2.31. The molecule has 0 radical (unpaired) electrons. The molecule has 1 aliphatic heterocycles. The van der Waals surface area contributed by atoms with Crippen molar-refractivity contribution in [2.45, 2.75) is 32.1 Å². The molecule has 3 heterocycles. The number of halogens is 1. The van der Waals surface area contributed by atoms with Crippen molar-refractivity contribution in [1.29, 1.82) is 0 Å². The predicted octanol–water partition coefficient (Wildman–Crippen LogP) is 3.98. The average molecular weight is 396 g/mol. The van der Waals surface area contributed by atoms with Gasteiger partial charge in [-0.2, -0.15) is 0 Å². The fraction of sp³-hybridized carbons (Fsp3) is 0.333. The number of aryl methyl sites for hydroxylation is 1. The zero-order chi connectivity index (χ0) is 20.2. The van der Waals surface area contributed by atoms with Crippen molar-refractivity contribution >= 4 is 5.91 Å². The van der Waals surface area contributed by atoms with Gasteiger partial charge >= 0.3 is 0 Å². The van der Waals surface area contributed by atoms with Crippen LogP contribution in [-0.4, -0.2) is 39.0 Å². The molecule has 8 heteroatoms. The van der Waals surface area contributed by atoms with Crippen LogP contribution in [0.25, 0.3) is 0 Å². The van der Waals surface area contributed by atoms with E-state index in [4.69, 9.17) is 9.26 Å². The van der Waals surface area contributed by atoms with E-state index in [0.717, 1.165) is 30.7 Å². The lowest BCUT2D eigenvalue weighted by atomic mass is 9.93. The molecule has 0 unspecified atom stereocenters. The maximum Gasteiger partial charge on any atom is 0.292 e. The fourth-order valence-corrected chi connectivity index (χ4v) is 3.40. The molecule has 7 nitrogen and oxygen atoms in total. The van der Waals surface area contributed by atoms with Gasteiger partial charge in [0.2, 0.25) is 11.6 Å². The number of aromatic nitrogens is 3. The lowest BCUT2D eigenvalue weighted by Crippen LogP contribution is -2.38. The van der Waals surface area contributed by atoms with Crippen molar-refractivity contribution in [3.05, 3.63) is 65.7 Å². The Morgan fingerprint density at radius 1 is 1.21 bits per heavy atom. The normalized spacial score (nSPS) is 14.8. The van der Waals surface area contributed by atoms with Crippen LogP contribution in [0.1, 0.15) is 47.6 Å². The number of amides is 1. The van der Waals surface area contributed by atoms with Gasteiger partial charge < -0.3 is 14.2 Å². The van der Waals surface area contributed by atoms with Gasteiger partial charge in [0.25, 0.3) is 5.91 Å². The molecule has 4 rings (SSSR count). The number of carbonyl (C=O) groups is 1. The first-order chi connectivity index (χ1) is 14.1. The van der Waals surface area contributed by atoms with Crippen molar-refractivity contribution in [3.8, 4) is 11.6 Å². The van der Waals surface area contributed by atoms with Gasteiger partial charge in [-0.05, 0) is 43.5 Å². The number of nitrogens with zero attached hydrogens (tertiary/aromatic N) is 4. The molecule has 0 spiro atoms. The molecule has 150 valence electrons. The number of rotatable bonds is 5. The van der Waals surface area contributed by atoms with E-state index in [1.807, 2.05) is 6.92 Å². The monoisotopic (exact) mass is 396 g/mol. The fourth-order valence-electron chi connectivity index (χ4n) is 3.40. The zero-order valence-corrected chi connectivity index (χ0v) is 16.0. The summed E-state index contributed by atoms with van der Waals surface area (Å²) < 4.78 is 24.1. The molecule has 1 aromatic carbocycles. The van der Waals surface area contributed by atoms with Gasteiger partial charge in [-0.15, -0.1) is 0 Å². The van der Waals surface area contributed by atoms with Gasteiger partial charge in [0.15, 0.2) is 0 Å². The minimum absolute atomic E-state index is 0.115. The SMILES string of the molecule is CCc1cc(C(=O)N2CCC(c3nccnc3Oc3ccc(F)cc3)CC2)on1. The van der Waals surface area contributed by atoms with E-state index in [1.54, 1.807) is 35.5 Å². The Morgan fingerprint density at radius 2 is 1.93 bits per heavy atom. The van der Waals surface area contributed by atoms with Crippen LogP contribution in [0.4, 0.5) is 4.39 Å². The summed E-state index contributed by atoms with van der Waals surface area (Å²) in [5.41, 5.74) is 1.52. The topological polar surface area (TPSA) is 81.4 Å². The predicted molar refractivity (Wildman–Crippen MR) is 102 cm³/mol. The van der Waals surface area contributed by atoms with Crippen molar-refractivity contribution in [3.63, 3.8) is 0 Å². The van der Waals surface area contributed by atoms with Crippen LogP contribution in [0.2, 0.25) is 0 Å². The lowest BCUT2D eigenvalue weighted by molar-refractivity contribution is 0.0669. The summed E-state index contributed by atoms with van der Waals surface area (Å²) in [6, 6.07) is 7.48. The minimum Gasteiger partial charge on any atom is -0.437 e. The summed E-state index contributed by atoms with van der Waals surface area (Å²) in [6.45, 7) is 3.13. The third-order valence-electron chi connectivity index (χ3n) is 5.02. The van der Waals surface area contributed by atoms with E-state index in [9.17, 15) is 9.18 Å². The van der Waals surface area contributed by atoms with Gasteiger partial charge in [0, 0.05) is 37.5 Å². The highest BCUT2D eigenvalue weighted by molar-refractivity contribution is 5.91. The van der Waals surface area contributed by atoms with Crippen LogP contribution in [0, 0.1) is 5.82 Å². The molecule has 1 aliphatic rings. The van der Waals surface area contributed by atoms with E-state index in [0.29, 0.717) is 24.7 Å². The highest BCUT2D eigenvalue weighted by atomic mass is 19.1. The Morgan fingerprint density at radius 3 is 2.62 bits per heavy atom. The summed E-state index contributed by atoms with van der Waals surface area (Å²) in [5.74, 6) is 0.831. The molecule has 0 bridgehead atoms. The summed E-state index contributed by atoms with van der Waals surface area (Å²) in [7, 11) is 0. The number of carbonyl (C=O) groups excluding carboxylic acids is 1. The number of piperidine rings is 1. The van der Waals surface area contributed by atoms with Crippen LogP contribution in [-0.2, 0) is 6.42 Å². The van der Waals surface area contributed by atoms with Gasteiger partial charge in [0.1, 0.15) is 17.3 Å². The third kappa shape index (κ3) is 4.26. The van der Waals surface area contributed by atoms with Crippen LogP contribution in [0.15, 0.2) is 47.2 Å². The highest BCUT2D eigenvalue weighted by Crippen LogP contribution is 2.33. The average Bonchev–Trinajstić information content (AvgIpc) is 3.25. The molecule has 1 saturated heterocycles. The number of likely N-dealkylation sites (tertiary alicyclic amines) is 1. The molecule has 0 N–H and O–H groups in total. The first-order valence-electron chi connectivity index (χ1n) is 9.63. The minimum atomic E-state index is -0.327. The van der Waals surface area contributed by atoms with Crippen LogP contribution in [0.3, 0.4) is 0 Å². The Bertz CT molecular complexity index is 982. The van der Waals surface area contributed by atoms with Crippen LogP contribution in [0.5, 0.6) is 11.6 Å². The van der Waals surface area contributed by atoms with Crippen molar-refractivity contribution < 1.29 is 18.4 Å². The molecule has 0 atom stereocenters. The van der Waals surface area contributed by atoms with E-state index in [1.165, 1.54) is 12.1 Å². The molecular weight excluding hydrogens is 375 g/mol.